The molecule has 4 rings (SSSR count). The molecule has 0 fully saturated rings. The normalized spacial score (nSPS) is 11.1. The third-order valence-electron chi connectivity index (χ3n) is 4.63. The lowest BCUT2D eigenvalue weighted by Crippen LogP contribution is -1.99. The predicted molar refractivity (Wildman–Crippen MR) is 125 cm³/mol. The first-order valence-electron chi connectivity index (χ1n) is 9.55. The maximum atomic E-state index is 5.40. The first-order chi connectivity index (χ1) is 15.1. The lowest BCUT2D eigenvalue weighted by molar-refractivity contribution is 0.324. The van der Waals surface area contributed by atoms with Crippen molar-refractivity contribution in [2.75, 3.05) is 26.8 Å². The number of hydrogen-bond donors (Lipinski definition) is 1. The Labute approximate surface area is 184 Å². The summed E-state index contributed by atoms with van der Waals surface area (Å²) in [5.41, 5.74) is 5.00. The molecule has 0 unspecified atom stereocenters. The van der Waals surface area contributed by atoms with Crippen LogP contribution < -0.4 is 19.6 Å². The summed E-state index contributed by atoms with van der Waals surface area (Å²) >= 11 is 1.63. The molecule has 0 radical (unpaired) electrons. The van der Waals surface area contributed by atoms with E-state index in [1.165, 1.54) is 0 Å². The van der Waals surface area contributed by atoms with Crippen molar-refractivity contribution in [3.05, 3.63) is 59.9 Å². The summed E-state index contributed by atoms with van der Waals surface area (Å²) in [7, 11) is 4.73. The van der Waals surface area contributed by atoms with Gasteiger partial charge in [-0.1, -0.05) is 30.3 Å². The van der Waals surface area contributed by atoms with Gasteiger partial charge in [-0.25, -0.2) is 9.97 Å². The van der Waals surface area contributed by atoms with E-state index in [4.69, 9.17) is 14.2 Å². The van der Waals surface area contributed by atoms with Crippen LogP contribution >= 0.6 is 11.3 Å². The third kappa shape index (κ3) is 4.29. The molecule has 8 heteroatoms. The minimum atomic E-state index is 0.537. The van der Waals surface area contributed by atoms with Crippen molar-refractivity contribution in [2.24, 2.45) is 5.10 Å². The van der Waals surface area contributed by atoms with Gasteiger partial charge in [0.05, 0.1) is 32.9 Å². The number of methoxy groups -OCH3 is 3. The molecule has 2 aromatic carbocycles. The highest BCUT2D eigenvalue weighted by Gasteiger charge is 2.13. The minimum Gasteiger partial charge on any atom is -0.493 e. The monoisotopic (exact) mass is 434 g/mol. The number of hydrazone groups is 1. The molecule has 0 saturated heterocycles. The van der Waals surface area contributed by atoms with Crippen LogP contribution in [0.3, 0.4) is 0 Å². The van der Waals surface area contributed by atoms with E-state index in [0.717, 1.165) is 26.2 Å². The summed E-state index contributed by atoms with van der Waals surface area (Å²) in [5, 5.41) is 5.31. The first-order valence-corrected chi connectivity index (χ1v) is 10.4. The van der Waals surface area contributed by atoms with E-state index in [0.29, 0.717) is 28.9 Å². The fourth-order valence-corrected chi connectivity index (χ4v) is 4.28. The molecule has 2 aromatic heterocycles. The number of rotatable bonds is 7. The molecule has 2 heterocycles. The molecule has 0 amide bonds. The smallest absolute Gasteiger partial charge is 0.203 e. The zero-order valence-electron chi connectivity index (χ0n) is 17.7. The molecule has 0 aliphatic rings. The Bertz CT molecular complexity index is 1210. The molecule has 31 heavy (non-hydrogen) atoms. The zero-order valence-corrected chi connectivity index (χ0v) is 18.5. The number of aromatic nitrogens is 2. The molecular formula is C23H22N4O3S. The number of hydrogen-bond acceptors (Lipinski definition) is 8. The largest absolute Gasteiger partial charge is 0.493 e. The Kier molecular flexibility index (Phi) is 5.99. The van der Waals surface area contributed by atoms with E-state index in [1.54, 1.807) is 38.9 Å². The lowest BCUT2D eigenvalue weighted by atomic mass is 10.2. The Morgan fingerprint density at radius 3 is 2.29 bits per heavy atom. The molecule has 0 saturated carbocycles. The van der Waals surface area contributed by atoms with Gasteiger partial charge < -0.3 is 14.2 Å². The van der Waals surface area contributed by atoms with Crippen LogP contribution in [0.1, 0.15) is 11.4 Å². The SMILES string of the molecule is COc1cc(/C=N/Nc2nc(C)nc3sc(-c4ccccc4)cc23)cc(OC)c1OC. The van der Waals surface area contributed by atoms with Crippen molar-refractivity contribution in [1.29, 1.82) is 0 Å². The Morgan fingerprint density at radius 2 is 1.65 bits per heavy atom. The fraction of sp³-hybridized carbons (Fsp3) is 0.174. The van der Waals surface area contributed by atoms with Gasteiger partial charge in [-0.2, -0.15) is 5.10 Å². The van der Waals surface area contributed by atoms with Gasteiger partial charge in [0.15, 0.2) is 17.3 Å². The van der Waals surface area contributed by atoms with Crippen molar-refractivity contribution in [3.63, 3.8) is 0 Å². The summed E-state index contributed by atoms with van der Waals surface area (Å²) in [6.07, 6.45) is 1.68. The second-order valence-corrected chi connectivity index (χ2v) is 7.67. The molecule has 0 aliphatic carbocycles. The second-order valence-electron chi connectivity index (χ2n) is 6.64. The maximum Gasteiger partial charge on any atom is 0.203 e. The lowest BCUT2D eigenvalue weighted by Gasteiger charge is -2.12. The summed E-state index contributed by atoms with van der Waals surface area (Å²) in [6, 6.07) is 16.0. The first kappa shape index (κ1) is 20.6. The average molecular weight is 435 g/mol. The average Bonchev–Trinajstić information content (AvgIpc) is 3.23. The number of aryl methyl sites for hydroxylation is 1. The Morgan fingerprint density at radius 1 is 0.935 bits per heavy atom. The van der Waals surface area contributed by atoms with E-state index in [1.807, 2.05) is 37.3 Å². The van der Waals surface area contributed by atoms with Crippen LogP contribution in [-0.2, 0) is 0 Å². The van der Waals surface area contributed by atoms with Crippen LogP contribution in [0.2, 0.25) is 0 Å². The van der Waals surface area contributed by atoms with Crippen molar-refractivity contribution >= 4 is 33.6 Å². The highest BCUT2D eigenvalue weighted by atomic mass is 32.1. The number of ether oxygens (including phenoxy) is 3. The van der Waals surface area contributed by atoms with E-state index >= 15 is 0 Å². The topological polar surface area (TPSA) is 77.9 Å². The summed E-state index contributed by atoms with van der Waals surface area (Å²) in [6.45, 7) is 1.87. The number of benzene rings is 2. The highest BCUT2D eigenvalue weighted by Crippen LogP contribution is 2.38. The van der Waals surface area contributed by atoms with Gasteiger partial charge in [0.2, 0.25) is 5.75 Å². The van der Waals surface area contributed by atoms with Crippen LogP contribution in [0.15, 0.2) is 53.6 Å². The quantitative estimate of drug-likeness (QED) is 0.321. The van der Waals surface area contributed by atoms with E-state index in [-0.39, 0.29) is 0 Å². The second kappa shape index (κ2) is 9.01. The van der Waals surface area contributed by atoms with Gasteiger partial charge in [-0.05, 0) is 30.7 Å². The minimum absolute atomic E-state index is 0.537. The van der Waals surface area contributed by atoms with Gasteiger partial charge in [0.25, 0.3) is 0 Å². The number of thiophene rings is 1. The van der Waals surface area contributed by atoms with Gasteiger partial charge in [-0.15, -0.1) is 11.3 Å². The fourth-order valence-electron chi connectivity index (χ4n) is 3.20. The number of nitrogens with one attached hydrogen (secondary N) is 1. The van der Waals surface area contributed by atoms with E-state index < -0.39 is 0 Å². The van der Waals surface area contributed by atoms with Gasteiger partial charge in [-0.3, -0.25) is 5.43 Å². The molecule has 0 atom stereocenters. The number of nitrogens with zero attached hydrogens (tertiary/aromatic N) is 3. The molecular weight excluding hydrogens is 412 g/mol. The Hall–Kier alpha value is -3.65. The Balaban J connectivity index is 1.65. The van der Waals surface area contributed by atoms with Crippen molar-refractivity contribution in [1.82, 2.24) is 9.97 Å². The number of anilines is 1. The van der Waals surface area contributed by atoms with Gasteiger partial charge in [0, 0.05) is 10.4 Å². The van der Waals surface area contributed by atoms with Crippen molar-refractivity contribution in [3.8, 4) is 27.7 Å². The van der Waals surface area contributed by atoms with Crippen molar-refractivity contribution in [2.45, 2.75) is 6.92 Å². The van der Waals surface area contributed by atoms with Crippen LogP contribution in [0.25, 0.3) is 20.7 Å². The van der Waals surface area contributed by atoms with Crippen LogP contribution in [-0.4, -0.2) is 37.5 Å². The van der Waals surface area contributed by atoms with Crippen molar-refractivity contribution < 1.29 is 14.2 Å². The van der Waals surface area contributed by atoms with Gasteiger partial charge >= 0.3 is 0 Å². The molecule has 0 aliphatic heterocycles. The standard InChI is InChI=1S/C23H22N4O3S/c1-14-25-22(17-12-20(31-23(17)26-14)16-8-6-5-7-9-16)27-24-13-15-10-18(28-2)21(30-4)19(11-15)29-3/h5-13H,1-4H3,(H,25,26,27)/b24-13+. The van der Waals surface area contributed by atoms with Crippen LogP contribution in [0.5, 0.6) is 17.2 Å². The maximum absolute atomic E-state index is 5.40. The molecule has 0 spiro atoms. The molecule has 0 bridgehead atoms. The molecule has 4 aromatic rings. The van der Waals surface area contributed by atoms with Gasteiger partial charge in [0.1, 0.15) is 10.7 Å². The van der Waals surface area contributed by atoms with Crippen LogP contribution in [0, 0.1) is 6.92 Å². The molecule has 158 valence electrons. The highest BCUT2D eigenvalue weighted by molar-refractivity contribution is 7.21. The van der Waals surface area contributed by atoms with Crippen LogP contribution in [0.4, 0.5) is 5.82 Å². The zero-order chi connectivity index (χ0) is 21.8. The summed E-state index contributed by atoms with van der Waals surface area (Å²) in [5.74, 6) is 3.00. The predicted octanol–water partition coefficient (Wildman–Crippen LogP) is 5.14. The summed E-state index contributed by atoms with van der Waals surface area (Å²) < 4.78 is 16.2. The molecule has 7 nitrogen and oxygen atoms in total. The number of fused-ring (bicyclic) bond motifs is 1. The summed E-state index contributed by atoms with van der Waals surface area (Å²) in [4.78, 5) is 11.2. The molecule has 1 N–H and O–H groups in total. The van der Waals surface area contributed by atoms with E-state index in [9.17, 15) is 0 Å². The third-order valence-corrected chi connectivity index (χ3v) is 5.71. The van der Waals surface area contributed by atoms with E-state index in [2.05, 4.69) is 38.7 Å².